The van der Waals surface area contributed by atoms with E-state index in [9.17, 15) is 18.7 Å². The lowest BCUT2D eigenvalue weighted by Gasteiger charge is -2.22. The van der Waals surface area contributed by atoms with Gasteiger partial charge in [-0.1, -0.05) is 0 Å². The standard InChI is InChI=1S/C11H11N3O5S/c1-14(20(17)18)10-6-4-3-5-12-7(6)9(15)8(13-10)11(16)19-2/h3-5,15H,1-2H3,(H,17,18)/p-1. The van der Waals surface area contributed by atoms with Crippen molar-refractivity contribution in [2.24, 2.45) is 0 Å². The molecule has 0 fully saturated rings. The number of pyridine rings is 2. The van der Waals surface area contributed by atoms with E-state index in [4.69, 9.17) is 0 Å². The predicted octanol–water partition coefficient (Wildman–Crippen LogP) is 0.352. The summed E-state index contributed by atoms with van der Waals surface area (Å²) < 4.78 is 27.5. The number of aromatic hydroxyl groups is 1. The van der Waals surface area contributed by atoms with E-state index < -0.39 is 28.7 Å². The maximum Gasteiger partial charge on any atom is 0.360 e. The second-order valence-corrected chi connectivity index (χ2v) is 4.72. The SMILES string of the molecule is COC(=O)c1nc(N(C)S(=O)[O-])c2cccnc2c1O. The molecule has 1 atom stereocenters. The molecule has 8 nitrogen and oxygen atoms in total. The summed E-state index contributed by atoms with van der Waals surface area (Å²) in [5.74, 6) is -1.37. The van der Waals surface area contributed by atoms with Crippen molar-refractivity contribution in [2.75, 3.05) is 18.5 Å². The van der Waals surface area contributed by atoms with Crippen LogP contribution in [0.2, 0.25) is 0 Å². The number of rotatable bonds is 3. The van der Waals surface area contributed by atoms with Crippen molar-refractivity contribution in [3.05, 3.63) is 24.0 Å². The van der Waals surface area contributed by atoms with Crippen LogP contribution in [0.1, 0.15) is 10.5 Å². The summed E-state index contributed by atoms with van der Waals surface area (Å²) in [7, 11) is 2.39. The number of carbonyl (C=O) groups is 1. The molecule has 0 saturated heterocycles. The summed E-state index contributed by atoms with van der Waals surface area (Å²) in [5.41, 5.74) is -0.332. The number of hydrogen-bond donors (Lipinski definition) is 1. The monoisotopic (exact) mass is 296 g/mol. The first-order chi connectivity index (χ1) is 9.47. The number of ether oxygens (including phenoxy) is 1. The minimum absolute atomic E-state index is 0.0281. The van der Waals surface area contributed by atoms with Crippen LogP contribution < -0.4 is 4.31 Å². The lowest BCUT2D eigenvalue weighted by atomic mass is 10.2. The Labute approximate surface area is 116 Å². The van der Waals surface area contributed by atoms with Crippen LogP contribution in [0.4, 0.5) is 5.82 Å². The molecule has 1 N–H and O–H groups in total. The van der Waals surface area contributed by atoms with Gasteiger partial charge in [0.05, 0.1) is 7.11 Å². The van der Waals surface area contributed by atoms with Crippen LogP contribution in [0.15, 0.2) is 18.3 Å². The number of hydrogen-bond acceptors (Lipinski definition) is 7. The van der Waals surface area contributed by atoms with Crippen molar-refractivity contribution in [3.63, 3.8) is 0 Å². The van der Waals surface area contributed by atoms with E-state index in [1.807, 2.05) is 0 Å². The maximum absolute atomic E-state index is 11.6. The zero-order valence-corrected chi connectivity index (χ0v) is 11.4. The molecule has 1 unspecified atom stereocenters. The molecule has 0 bridgehead atoms. The van der Waals surface area contributed by atoms with E-state index in [0.29, 0.717) is 5.39 Å². The van der Waals surface area contributed by atoms with Gasteiger partial charge in [0.1, 0.15) is 11.3 Å². The van der Waals surface area contributed by atoms with Gasteiger partial charge < -0.3 is 14.4 Å². The van der Waals surface area contributed by atoms with Crippen LogP contribution in [0.5, 0.6) is 5.75 Å². The fraction of sp³-hybridized carbons (Fsp3) is 0.182. The topological polar surface area (TPSA) is 116 Å². The summed E-state index contributed by atoms with van der Waals surface area (Å²) in [6.07, 6.45) is 1.40. The molecule has 0 aromatic carbocycles. The molecule has 2 aromatic heterocycles. The quantitative estimate of drug-likeness (QED) is 0.641. The fourth-order valence-corrected chi connectivity index (χ4v) is 1.94. The molecule has 0 spiro atoms. The van der Waals surface area contributed by atoms with Crippen LogP contribution in [0.3, 0.4) is 0 Å². The smallest absolute Gasteiger partial charge is 0.360 e. The van der Waals surface area contributed by atoms with Crippen LogP contribution in [0.25, 0.3) is 10.9 Å². The third-order valence-corrected chi connectivity index (χ3v) is 3.24. The van der Waals surface area contributed by atoms with Gasteiger partial charge in [0.15, 0.2) is 11.4 Å². The summed E-state index contributed by atoms with van der Waals surface area (Å²) in [6, 6.07) is 3.10. The van der Waals surface area contributed by atoms with E-state index in [-0.39, 0.29) is 11.3 Å². The minimum atomic E-state index is -2.59. The molecule has 20 heavy (non-hydrogen) atoms. The van der Waals surface area contributed by atoms with Crippen LogP contribution in [-0.4, -0.2) is 44.0 Å². The fourth-order valence-electron chi connectivity index (χ4n) is 1.66. The number of anilines is 1. The highest BCUT2D eigenvalue weighted by Crippen LogP contribution is 2.32. The number of methoxy groups -OCH3 is 1. The van der Waals surface area contributed by atoms with E-state index >= 15 is 0 Å². The summed E-state index contributed by atoms with van der Waals surface area (Å²) in [4.78, 5) is 19.4. The van der Waals surface area contributed by atoms with Crippen LogP contribution in [0, 0.1) is 0 Å². The van der Waals surface area contributed by atoms with Gasteiger partial charge in [-0.2, -0.15) is 0 Å². The molecule has 2 aromatic rings. The number of aromatic nitrogens is 2. The van der Waals surface area contributed by atoms with E-state index in [1.54, 1.807) is 6.07 Å². The van der Waals surface area contributed by atoms with Crippen molar-refractivity contribution in [1.29, 1.82) is 0 Å². The van der Waals surface area contributed by atoms with E-state index in [0.717, 1.165) is 11.4 Å². The molecule has 0 aliphatic rings. The van der Waals surface area contributed by atoms with Crippen LogP contribution >= 0.6 is 0 Å². The van der Waals surface area contributed by atoms with Gasteiger partial charge in [0.25, 0.3) is 0 Å². The number of fused-ring (bicyclic) bond motifs is 1. The molecule has 0 amide bonds. The van der Waals surface area contributed by atoms with Gasteiger partial charge in [-0.05, 0) is 12.1 Å². The van der Waals surface area contributed by atoms with Gasteiger partial charge in [0, 0.05) is 29.9 Å². The Kier molecular flexibility index (Phi) is 3.81. The molecule has 2 rings (SSSR count). The third-order valence-electron chi connectivity index (χ3n) is 2.62. The first-order valence-electron chi connectivity index (χ1n) is 5.36. The highest BCUT2D eigenvalue weighted by Gasteiger charge is 2.22. The molecule has 0 radical (unpaired) electrons. The first kappa shape index (κ1) is 14.2. The zero-order chi connectivity index (χ0) is 14.9. The Morgan fingerprint density at radius 2 is 2.25 bits per heavy atom. The largest absolute Gasteiger partial charge is 0.755 e. The Morgan fingerprint density at radius 3 is 2.85 bits per heavy atom. The van der Waals surface area contributed by atoms with Crippen molar-refractivity contribution >= 4 is 34.0 Å². The van der Waals surface area contributed by atoms with Gasteiger partial charge in [-0.3, -0.25) is 13.5 Å². The highest BCUT2D eigenvalue weighted by atomic mass is 32.2. The van der Waals surface area contributed by atoms with E-state index in [2.05, 4.69) is 14.7 Å². The van der Waals surface area contributed by atoms with Gasteiger partial charge in [0.2, 0.25) is 0 Å². The zero-order valence-electron chi connectivity index (χ0n) is 10.6. The lowest BCUT2D eigenvalue weighted by molar-refractivity contribution is 0.0591. The molecule has 2 heterocycles. The van der Waals surface area contributed by atoms with Gasteiger partial charge >= 0.3 is 5.97 Å². The molecule has 106 valence electrons. The molecule has 0 aliphatic heterocycles. The highest BCUT2D eigenvalue weighted by molar-refractivity contribution is 7.80. The van der Waals surface area contributed by atoms with Gasteiger partial charge in [-0.25, -0.2) is 9.78 Å². The predicted molar refractivity (Wildman–Crippen MR) is 69.9 cm³/mol. The molecule has 0 saturated carbocycles. The Bertz CT molecular complexity index is 706. The molecule has 9 heteroatoms. The second-order valence-electron chi connectivity index (χ2n) is 3.74. The minimum Gasteiger partial charge on any atom is -0.755 e. The Hall–Kier alpha value is -2.26. The number of nitrogens with zero attached hydrogens (tertiary/aromatic N) is 3. The van der Waals surface area contributed by atoms with Crippen molar-refractivity contribution in [2.45, 2.75) is 0 Å². The van der Waals surface area contributed by atoms with Crippen molar-refractivity contribution in [3.8, 4) is 5.75 Å². The molecular weight excluding hydrogens is 286 g/mol. The summed E-state index contributed by atoms with van der Waals surface area (Å²) in [5, 5.41) is 10.3. The normalized spacial score (nSPS) is 12.2. The van der Waals surface area contributed by atoms with Crippen LogP contribution in [-0.2, 0) is 16.0 Å². The van der Waals surface area contributed by atoms with Crippen molar-refractivity contribution < 1.29 is 23.4 Å². The Morgan fingerprint density at radius 1 is 1.55 bits per heavy atom. The Balaban J connectivity index is 2.82. The number of esters is 1. The summed E-state index contributed by atoms with van der Waals surface area (Å²) >= 11 is -2.59. The maximum atomic E-state index is 11.6. The average molecular weight is 296 g/mol. The number of carbonyl (C=O) groups excluding carboxylic acids is 1. The molecule has 0 aliphatic carbocycles. The van der Waals surface area contributed by atoms with Crippen molar-refractivity contribution in [1.82, 2.24) is 9.97 Å². The average Bonchev–Trinajstić information content (AvgIpc) is 2.46. The summed E-state index contributed by atoms with van der Waals surface area (Å²) in [6.45, 7) is 0. The third kappa shape index (κ3) is 2.28. The van der Waals surface area contributed by atoms with Gasteiger partial charge in [-0.15, -0.1) is 0 Å². The lowest BCUT2D eigenvalue weighted by Crippen LogP contribution is -2.22. The van der Waals surface area contributed by atoms with E-state index in [1.165, 1.54) is 19.3 Å². The first-order valence-corrected chi connectivity index (χ1v) is 6.39. The second kappa shape index (κ2) is 5.39. The molecular formula is C11H10N3O5S-.